The first-order valence-electron chi connectivity index (χ1n) is 9.33. The number of rotatable bonds is 4. The van der Waals surface area contributed by atoms with Crippen molar-refractivity contribution in [2.45, 2.75) is 51.7 Å². The first-order chi connectivity index (χ1) is 13.5. The molecule has 0 unspecified atom stereocenters. The van der Waals surface area contributed by atoms with Gasteiger partial charge in [-0.25, -0.2) is 4.39 Å². The van der Waals surface area contributed by atoms with Crippen molar-refractivity contribution in [1.29, 1.82) is 5.26 Å². The van der Waals surface area contributed by atoms with Crippen LogP contribution >= 0.6 is 11.6 Å². The van der Waals surface area contributed by atoms with Crippen molar-refractivity contribution >= 4 is 17.5 Å². The first kappa shape index (κ1) is 21.6. The molecule has 0 saturated heterocycles. The second-order valence-corrected chi connectivity index (χ2v) is 6.62. The van der Waals surface area contributed by atoms with E-state index in [0.29, 0.717) is 16.3 Å². The van der Waals surface area contributed by atoms with Gasteiger partial charge in [-0.3, -0.25) is 9.78 Å². The van der Waals surface area contributed by atoms with Gasteiger partial charge in [-0.05, 0) is 43.9 Å². The summed E-state index contributed by atoms with van der Waals surface area (Å²) in [6.45, 7) is 4.00. The van der Waals surface area contributed by atoms with E-state index in [1.807, 2.05) is 19.9 Å². The van der Waals surface area contributed by atoms with Gasteiger partial charge >= 0.3 is 0 Å². The van der Waals surface area contributed by atoms with Crippen molar-refractivity contribution in [2.24, 2.45) is 0 Å². The number of halogens is 2. The van der Waals surface area contributed by atoms with Crippen molar-refractivity contribution in [1.82, 2.24) is 10.3 Å². The van der Waals surface area contributed by atoms with E-state index in [0.717, 1.165) is 31.9 Å². The van der Waals surface area contributed by atoms with Gasteiger partial charge in [0.05, 0.1) is 28.5 Å². The SMILES string of the molecule is CC.N#Cc1ccc(OC2CCC(NC(=O)c3cncc(F)c3)CC2)cc1Cl. The molecular weight excluding hydrogens is 381 g/mol. The number of pyridine rings is 1. The Morgan fingerprint density at radius 1 is 1.25 bits per heavy atom. The fraction of sp³-hybridized carbons (Fsp3) is 0.381. The van der Waals surface area contributed by atoms with Crippen molar-refractivity contribution in [2.75, 3.05) is 0 Å². The zero-order valence-electron chi connectivity index (χ0n) is 15.9. The lowest BCUT2D eigenvalue weighted by Gasteiger charge is -2.29. The summed E-state index contributed by atoms with van der Waals surface area (Å²) in [5.74, 6) is -0.219. The molecule has 5 nitrogen and oxygen atoms in total. The Bertz CT molecular complexity index is 846. The van der Waals surface area contributed by atoms with E-state index < -0.39 is 5.82 Å². The monoisotopic (exact) mass is 403 g/mol. The van der Waals surface area contributed by atoms with Gasteiger partial charge in [-0.15, -0.1) is 0 Å². The Morgan fingerprint density at radius 2 is 1.96 bits per heavy atom. The largest absolute Gasteiger partial charge is 0.490 e. The third-order valence-corrected chi connectivity index (χ3v) is 4.65. The second-order valence-electron chi connectivity index (χ2n) is 6.21. The van der Waals surface area contributed by atoms with Crippen LogP contribution in [0.5, 0.6) is 5.75 Å². The Kier molecular flexibility index (Phi) is 8.21. The summed E-state index contributed by atoms with van der Waals surface area (Å²) in [4.78, 5) is 15.8. The normalized spacial score (nSPS) is 18.2. The molecule has 1 amide bonds. The summed E-state index contributed by atoms with van der Waals surface area (Å²) in [6, 6.07) is 8.22. The standard InChI is InChI=1S/C19H17ClFN3O2.C2H6/c20-18-8-17(4-1-12(18)9-22)26-16-5-2-15(3-6-16)24-19(25)13-7-14(21)11-23-10-13;1-2/h1,4,7-8,10-11,15-16H,2-3,5-6H2,(H,24,25);1-2H3. The predicted molar refractivity (Wildman–Crippen MR) is 106 cm³/mol. The summed E-state index contributed by atoms with van der Waals surface area (Å²) < 4.78 is 19.1. The molecule has 0 aliphatic heterocycles. The van der Waals surface area contributed by atoms with Gasteiger partial charge in [0, 0.05) is 18.3 Å². The van der Waals surface area contributed by atoms with E-state index >= 15 is 0 Å². The molecule has 148 valence electrons. The van der Waals surface area contributed by atoms with Crippen molar-refractivity contribution in [3.8, 4) is 11.8 Å². The average molecular weight is 404 g/mol. The van der Waals surface area contributed by atoms with Crippen LogP contribution in [-0.4, -0.2) is 23.0 Å². The molecule has 1 heterocycles. The number of carbonyl (C=O) groups excluding carboxylic acids is 1. The maximum Gasteiger partial charge on any atom is 0.253 e. The molecule has 1 aromatic carbocycles. The molecule has 2 aromatic rings. The molecule has 0 atom stereocenters. The molecule has 0 bridgehead atoms. The van der Waals surface area contributed by atoms with E-state index in [1.165, 1.54) is 12.3 Å². The zero-order valence-corrected chi connectivity index (χ0v) is 16.7. The first-order valence-corrected chi connectivity index (χ1v) is 9.70. The maximum atomic E-state index is 13.2. The van der Waals surface area contributed by atoms with Gasteiger partial charge in [0.2, 0.25) is 0 Å². The number of hydrogen-bond donors (Lipinski definition) is 1. The summed E-state index contributed by atoms with van der Waals surface area (Å²) >= 11 is 6.02. The maximum absolute atomic E-state index is 13.2. The smallest absolute Gasteiger partial charge is 0.253 e. The molecule has 1 aliphatic carbocycles. The van der Waals surface area contributed by atoms with Crippen LogP contribution < -0.4 is 10.1 Å². The van der Waals surface area contributed by atoms with E-state index in [1.54, 1.807) is 18.2 Å². The van der Waals surface area contributed by atoms with Crippen molar-refractivity contribution in [3.05, 3.63) is 58.6 Å². The van der Waals surface area contributed by atoms with Gasteiger partial charge in [-0.2, -0.15) is 5.26 Å². The molecule has 0 radical (unpaired) electrons. The minimum Gasteiger partial charge on any atom is -0.490 e. The van der Waals surface area contributed by atoms with Crippen LogP contribution in [0.3, 0.4) is 0 Å². The lowest BCUT2D eigenvalue weighted by Crippen LogP contribution is -2.39. The summed E-state index contributed by atoms with van der Waals surface area (Å²) in [6.07, 6.45) is 5.54. The topological polar surface area (TPSA) is 75.0 Å². The summed E-state index contributed by atoms with van der Waals surface area (Å²) in [7, 11) is 0. The third kappa shape index (κ3) is 5.93. The van der Waals surface area contributed by atoms with Gasteiger partial charge < -0.3 is 10.1 Å². The number of carbonyl (C=O) groups is 1. The van der Waals surface area contributed by atoms with Crippen molar-refractivity contribution < 1.29 is 13.9 Å². The molecule has 1 aliphatic rings. The summed E-state index contributed by atoms with van der Waals surface area (Å²) in [5, 5.41) is 12.2. The van der Waals surface area contributed by atoms with E-state index in [9.17, 15) is 9.18 Å². The number of amides is 1. The predicted octanol–water partition coefficient (Wildman–Crippen LogP) is 4.89. The molecule has 7 heteroatoms. The molecule has 0 spiro atoms. The Balaban J connectivity index is 0.00000136. The minimum absolute atomic E-state index is 0.0233. The average Bonchev–Trinajstić information content (AvgIpc) is 2.71. The van der Waals surface area contributed by atoms with Crippen LogP contribution in [-0.2, 0) is 0 Å². The third-order valence-electron chi connectivity index (χ3n) is 4.34. The van der Waals surface area contributed by atoms with Gasteiger partial charge in [-0.1, -0.05) is 25.4 Å². The number of ether oxygens (including phenoxy) is 1. The fourth-order valence-corrected chi connectivity index (χ4v) is 3.19. The molecule has 1 aromatic heterocycles. The number of aromatic nitrogens is 1. The van der Waals surface area contributed by atoms with E-state index in [4.69, 9.17) is 21.6 Å². The van der Waals surface area contributed by atoms with Crippen LogP contribution in [0.4, 0.5) is 4.39 Å². The highest BCUT2D eigenvalue weighted by Gasteiger charge is 2.24. The number of benzene rings is 1. The Hall–Kier alpha value is -2.65. The van der Waals surface area contributed by atoms with Crippen LogP contribution in [0.1, 0.15) is 55.5 Å². The van der Waals surface area contributed by atoms with Gasteiger partial charge in [0.25, 0.3) is 5.91 Å². The molecule has 1 N–H and O–H groups in total. The lowest BCUT2D eigenvalue weighted by molar-refractivity contribution is 0.0893. The summed E-state index contributed by atoms with van der Waals surface area (Å²) in [5.41, 5.74) is 0.632. The number of nitriles is 1. The molecular formula is C21H23ClFN3O2. The Morgan fingerprint density at radius 3 is 2.57 bits per heavy atom. The highest BCUT2D eigenvalue weighted by molar-refractivity contribution is 6.31. The second kappa shape index (κ2) is 10.6. The van der Waals surface area contributed by atoms with Gasteiger partial charge in [0.1, 0.15) is 17.6 Å². The van der Waals surface area contributed by atoms with Crippen LogP contribution in [0.25, 0.3) is 0 Å². The van der Waals surface area contributed by atoms with Crippen LogP contribution in [0.15, 0.2) is 36.7 Å². The number of hydrogen-bond acceptors (Lipinski definition) is 4. The fourth-order valence-electron chi connectivity index (χ4n) is 2.98. The molecule has 3 rings (SSSR count). The number of nitrogens with one attached hydrogen (secondary N) is 1. The van der Waals surface area contributed by atoms with E-state index in [2.05, 4.69) is 10.3 Å². The lowest BCUT2D eigenvalue weighted by atomic mass is 9.92. The molecule has 1 fully saturated rings. The zero-order chi connectivity index (χ0) is 20.5. The van der Waals surface area contributed by atoms with Gasteiger partial charge in [0.15, 0.2) is 0 Å². The Labute approximate surface area is 169 Å². The van der Waals surface area contributed by atoms with E-state index in [-0.39, 0.29) is 23.6 Å². The minimum atomic E-state index is -0.532. The number of nitrogens with zero attached hydrogens (tertiary/aromatic N) is 2. The van der Waals surface area contributed by atoms with Crippen LogP contribution in [0.2, 0.25) is 5.02 Å². The molecule has 28 heavy (non-hydrogen) atoms. The quantitative estimate of drug-likeness (QED) is 0.788. The molecule has 1 saturated carbocycles. The van der Waals surface area contributed by atoms with Crippen molar-refractivity contribution in [3.63, 3.8) is 0 Å². The van der Waals surface area contributed by atoms with Crippen LogP contribution in [0, 0.1) is 17.1 Å². The highest BCUT2D eigenvalue weighted by Crippen LogP contribution is 2.27. The highest BCUT2D eigenvalue weighted by atomic mass is 35.5.